The number of esters is 1. The molecular weight excluding hydrogens is 324 g/mol. The minimum atomic E-state index is -2.10. The van der Waals surface area contributed by atoms with E-state index in [-0.39, 0.29) is 23.5 Å². The highest BCUT2D eigenvalue weighted by molar-refractivity contribution is 7.04. The van der Waals surface area contributed by atoms with Crippen LogP contribution in [0.25, 0.3) is 0 Å². The molecule has 0 radical (unpaired) electrons. The smallest absolute Gasteiger partial charge is 0.302 e. The zero-order valence-electron chi connectivity index (χ0n) is 15.2. The number of rotatable bonds is 5. The predicted molar refractivity (Wildman–Crippen MR) is 106 cm³/mol. The summed E-state index contributed by atoms with van der Waals surface area (Å²) < 4.78 is 5.84. The van der Waals surface area contributed by atoms with Crippen LogP contribution in [0.15, 0.2) is 72.8 Å². The van der Waals surface area contributed by atoms with E-state index in [1.807, 2.05) is 0 Å². The predicted octanol–water partition coefficient (Wildman–Crippen LogP) is 3.78. The van der Waals surface area contributed by atoms with E-state index in [4.69, 9.17) is 4.74 Å². The molecule has 25 heavy (non-hydrogen) atoms. The molecule has 2 atom stereocenters. The molecule has 0 spiro atoms. The zero-order valence-corrected chi connectivity index (χ0v) is 16.2. The zero-order chi connectivity index (χ0) is 17.9. The Balaban J connectivity index is 2.15. The summed E-state index contributed by atoms with van der Waals surface area (Å²) in [6.07, 6.45) is 4.51. The van der Waals surface area contributed by atoms with E-state index in [1.165, 1.54) is 17.3 Å². The maximum Gasteiger partial charge on any atom is 0.302 e. The van der Waals surface area contributed by atoms with Crippen molar-refractivity contribution in [2.45, 2.75) is 38.5 Å². The summed E-state index contributed by atoms with van der Waals surface area (Å²) in [4.78, 5) is 11.8. The van der Waals surface area contributed by atoms with Crippen molar-refractivity contribution in [3.8, 4) is 0 Å². The van der Waals surface area contributed by atoms with E-state index in [1.54, 1.807) is 0 Å². The van der Waals surface area contributed by atoms with E-state index in [9.17, 15) is 4.79 Å². The summed E-state index contributed by atoms with van der Waals surface area (Å²) in [6.45, 7) is 5.81. The van der Waals surface area contributed by atoms with Crippen molar-refractivity contribution >= 4 is 24.4 Å². The van der Waals surface area contributed by atoms with Crippen LogP contribution in [0.4, 0.5) is 0 Å². The highest BCUT2D eigenvalue weighted by Gasteiger charge is 2.50. The lowest BCUT2D eigenvalue weighted by molar-refractivity contribution is -0.148. The van der Waals surface area contributed by atoms with Gasteiger partial charge in [-0.15, -0.1) is 0 Å². The first-order chi connectivity index (χ1) is 12.1. The molecule has 0 N–H and O–H groups in total. The molecule has 0 amide bonds. The second-order valence-electron chi connectivity index (χ2n) is 7.18. The first kappa shape index (κ1) is 17.7. The molecule has 2 aromatic rings. The van der Waals surface area contributed by atoms with E-state index in [2.05, 4.69) is 86.7 Å². The molecule has 130 valence electrons. The molecule has 2 nitrogen and oxygen atoms in total. The number of benzene rings is 2. The van der Waals surface area contributed by atoms with Crippen molar-refractivity contribution in [3.05, 3.63) is 72.8 Å². The summed E-state index contributed by atoms with van der Waals surface area (Å²) in [5.74, 6) is 0.0824. The number of ether oxygens (including phenoxy) is 1. The Morgan fingerprint density at radius 2 is 1.52 bits per heavy atom. The van der Waals surface area contributed by atoms with Gasteiger partial charge < -0.3 is 4.74 Å². The van der Waals surface area contributed by atoms with Gasteiger partial charge in [0.05, 0.1) is 0 Å². The molecule has 0 aliphatic carbocycles. The second-order valence-corrected chi connectivity index (χ2v) is 11.4. The summed E-state index contributed by atoms with van der Waals surface area (Å²) >= 11 is 0. The van der Waals surface area contributed by atoms with Gasteiger partial charge in [0.15, 0.2) is 0 Å². The second kappa shape index (κ2) is 7.40. The Morgan fingerprint density at radius 1 is 1.00 bits per heavy atom. The van der Waals surface area contributed by atoms with Crippen molar-refractivity contribution < 1.29 is 9.53 Å². The Morgan fingerprint density at radius 3 is 1.96 bits per heavy atom. The summed E-state index contributed by atoms with van der Waals surface area (Å²) in [5.41, 5.74) is 0.251. The first-order valence-electron chi connectivity index (χ1n) is 9.00. The fourth-order valence-electron chi connectivity index (χ4n) is 4.16. The summed E-state index contributed by atoms with van der Waals surface area (Å²) in [5, 5.41) is 2.82. The van der Waals surface area contributed by atoms with Crippen LogP contribution in [0, 0.1) is 5.92 Å². The number of hydrogen-bond donors (Lipinski definition) is 0. The summed E-state index contributed by atoms with van der Waals surface area (Å²) in [7, 11) is -2.10. The van der Waals surface area contributed by atoms with E-state index in [0.29, 0.717) is 0 Å². The lowest BCUT2D eigenvalue weighted by atomic mass is 10.0. The standard InChI is InChI=1S/C22H26O2Si/c1-17(2)22(24-18(3)23)21-15-10-16-25(21,19-11-6-4-7-12-19)20-13-8-5-9-14-20/h4-15,17,21-22H,16H2,1-3H3/t21?,22-/m1/s1. The lowest BCUT2D eigenvalue weighted by Gasteiger charge is -2.40. The van der Waals surface area contributed by atoms with Gasteiger partial charge in [0.2, 0.25) is 0 Å². The molecule has 0 bridgehead atoms. The van der Waals surface area contributed by atoms with Gasteiger partial charge in [0, 0.05) is 12.5 Å². The van der Waals surface area contributed by atoms with Gasteiger partial charge in [-0.05, 0) is 12.0 Å². The maximum absolute atomic E-state index is 11.8. The van der Waals surface area contributed by atoms with Crippen LogP contribution >= 0.6 is 0 Å². The quantitative estimate of drug-likeness (QED) is 0.466. The Kier molecular flexibility index (Phi) is 5.23. The van der Waals surface area contributed by atoms with Gasteiger partial charge in [-0.3, -0.25) is 4.79 Å². The average molecular weight is 351 g/mol. The van der Waals surface area contributed by atoms with Crippen molar-refractivity contribution in [2.24, 2.45) is 5.92 Å². The van der Waals surface area contributed by atoms with Crippen molar-refractivity contribution in [3.63, 3.8) is 0 Å². The molecule has 1 unspecified atom stereocenters. The topological polar surface area (TPSA) is 26.3 Å². The Bertz CT molecular complexity index is 698. The van der Waals surface area contributed by atoms with E-state index in [0.717, 1.165) is 6.04 Å². The highest BCUT2D eigenvalue weighted by atomic mass is 28.3. The van der Waals surface area contributed by atoms with Gasteiger partial charge in [0.1, 0.15) is 14.2 Å². The minimum absolute atomic E-state index is 0.0941. The van der Waals surface area contributed by atoms with Gasteiger partial charge in [-0.1, -0.05) is 97.0 Å². The highest BCUT2D eigenvalue weighted by Crippen LogP contribution is 2.40. The van der Waals surface area contributed by atoms with Crippen LogP contribution in [0.5, 0.6) is 0 Å². The summed E-state index contributed by atoms with van der Waals surface area (Å²) in [6, 6.07) is 22.7. The van der Waals surface area contributed by atoms with E-state index < -0.39 is 8.07 Å². The molecule has 0 fully saturated rings. The van der Waals surface area contributed by atoms with Gasteiger partial charge in [0.25, 0.3) is 0 Å². The molecule has 0 saturated carbocycles. The van der Waals surface area contributed by atoms with Gasteiger partial charge in [-0.2, -0.15) is 0 Å². The van der Waals surface area contributed by atoms with Crippen LogP contribution in [0.1, 0.15) is 20.8 Å². The molecule has 3 rings (SSSR count). The third-order valence-electron chi connectivity index (χ3n) is 5.24. The fraction of sp³-hybridized carbons (Fsp3) is 0.318. The third kappa shape index (κ3) is 3.34. The van der Waals surface area contributed by atoms with Crippen molar-refractivity contribution in [1.82, 2.24) is 0 Å². The molecule has 2 aromatic carbocycles. The molecule has 1 aliphatic heterocycles. The van der Waals surface area contributed by atoms with Gasteiger partial charge >= 0.3 is 5.97 Å². The number of hydrogen-bond acceptors (Lipinski definition) is 2. The largest absolute Gasteiger partial charge is 0.462 e. The van der Waals surface area contributed by atoms with Crippen LogP contribution in [-0.4, -0.2) is 20.1 Å². The number of carbonyl (C=O) groups excluding carboxylic acids is 1. The average Bonchev–Trinajstić information content (AvgIpc) is 3.06. The normalized spacial score (nSPS) is 19.8. The SMILES string of the molecule is CC(=O)O[C@H](C(C)C)C1C=CC[Si]1(c1ccccc1)c1ccccc1. The monoisotopic (exact) mass is 350 g/mol. The van der Waals surface area contributed by atoms with Crippen molar-refractivity contribution in [1.29, 1.82) is 0 Å². The van der Waals surface area contributed by atoms with Crippen LogP contribution in [-0.2, 0) is 9.53 Å². The Labute approximate surface area is 151 Å². The van der Waals surface area contributed by atoms with Crippen LogP contribution in [0.2, 0.25) is 11.6 Å². The van der Waals surface area contributed by atoms with Crippen LogP contribution in [0.3, 0.4) is 0 Å². The minimum Gasteiger partial charge on any atom is -0.462 e. The molecule has 0 aromatic heterocycles. The molecular formula is C22H26O2Si. The third-order valence-corrected chi connectivity index (χ3v) is 10.5. The number of carbonyl (C=O) groups is 1. The van der Waals surface area contributed by atoms with E-state index >= 15 is 0 Å². The molecule has 0 saturated heterocycles. The number of allylic oxidation sites excluding steroid dienone is 1. The fourth-order valence-corrected chi connectivity index (χ4v) is 9.57. The Hall–Kier alpha value is -2.13. The maximum atomic E-state index is 11.8. The molecule has 3 heteroatoms. The van der Waals surface area contributed by atoms with Gasteiger partial charge in [-0.25, -0.2) is 0 Å². The molecule has 1 aliphatic rings. The van der Waals surface area contributed by atoms with Crippen LogP contribution < -0.4 is 10.4 Å². The lowest BCUT2D eigenvalue weighted by Crippen LogP contribution is -2.62. The molecule has 1 heterocycles. The van der Waals surface area contributed by atoms with Crippen molar-refractivity contribution in [2.75, 3.05) is 0 Å². The first-order valence-corrected chi connectivity index (χ1v) is 11.3.